The minimum atomic E-state index is -1.16. The fourth-order valence-corrected chi connectivity index (χ4v) is 2.18. The van der Waals surface area contributed by atoms with Crippen molar-refractivity contribution in [3.05, 3.63) is 42.1 Å². The highest BCUT2D eigenvalue weighted by atomic mass is 16.4. The van der Waals surface area contributed by atoms with Crippen molar-refractivity contribution in [1.82, 2.24) is 10.3 Å². The van der Waals surface area contributed by atoms with Gasteiger partial charge in [0, 0.05) is 24.4 Å². The van der Waals surface area contributed by atoms with E-state index in [0.29, 0.717) is 6.42 Å². The minimum absolute atomic E-state index is 0.0297. The minimum Gasteiger partial charge on any atom is -0.480 e. The Balaban J connectivity index is 2.10. The maximum atomic E-state index is 12.2. The third-order valence-corrected chi connectivity index (χ3v) is 3.56. The molecule has 1 aromatic heterocycles. The summed E-state index contributed by atoms with van der Waals surface area (Å²) in [7, 11) is 0. The maximum absolute atomic E-state index is 12.2. The van der Waals surface area contributed by atoms with E-state index in [1.807, 2.05) is 24.3 Å². The second kappa shape index (κ2) is 7.49. The molecule has 0 spiro atoms. The van der Waals surface area contributed by atoms with Crippen molar-refractivity contribution in [3.8, 4) is 0 Å². The molecule has 0 radical (unpaired) electrons. The predicted molar refractivity (Wildman–Crippen MR) is 85.2 cm³/mol. The molecule has 1 aromatic carbocycles. The van der Waals surface area contributed by atoms with E-state index in [0.717, 1.165) is 10.9 Å². The topological polar surface area (TPSA) is 96.4 Å². The number of rotatable bonds is 7. The van der Waals surface area contributed by atoms with E-state index in [1.165, 1.54) is 6.20 Å². The van der Waals surface area contributed by atoms with Gasteiger partial charge in [-0.3, -0.25) is 14.6 Å². The standard InChI is InChI=1S/C17H18N2O4/c1-2-13(20)7-8-15(17(22)23)19-16(21)12-9-11-5-3-4-6-14(11)18-10-12/h3-6,9-10,15H,2,7-8H2,1H3,(H,19,21)(H,22,23)/t15-/m1/s1. The normalized spacial score (nSPS) is 11.9. The predicted octanol–water partition coefficient (Wildman–Crippen LogP) is 2.18. The smallest absolute Gasteiger partial charge is 0.326 e. The van der Waals surface area contributed by atoms with Crippen LogP contribution in [0, 0.1) is 0 Å². The molecule has 1 heterocycles. The van der Waals surface area contributed by atoms with Crippen LogP contribution in [0.25, 0.3) is 10.9 Å². The van der Waals surface area contributed by atoms with E-state index in [1.54, 1.807) is 13.0 Å². The highest BCUT2D eigenvalue weighted by molar-refractivity contribution is 5.99. The third kappa shape index (κ3) is 4.35. The van der Waals surface area contributed by atoms with Crippen molar-refractivity contribution in [1.29, 1.82) is 0 Å². The van der Waals surface area contributed by atoms with Crippen molar-refractivity contribution >= 4 is 28.6 Å². The van der Waals surface area contributed by atoms with Gasteiger partial charge in [-0.05, 0) is 18.6 Å². The third-order valence-electron chi connectivity index (χ3n) is 3.56. The van der Waals surface area contributed by atoms with Crippen molar-refractivity contribution in [2.75, 3.05) is 0 Å². The molecular formula is C17H18N2O4. The van der Waals surface area contributed by atoms with E-state index in [4.69, 9.17) is 0 Å². The number of pyridine rings is 1. The number of benzene rings is 1. The number of Topliss-reactive ketones (excluding diaryl/α,β-unsaturated/α-hetero) is 1. The molecule has 0 fully saturated rings. The van der Waals surface area contributed by atoms with Gasteiger partial charge in [0.25, 0.3) is 5.91 Å². The van der Waals surface area contributed by atoms with Gasteiger partial charge in [0.05, 0.1) is 11.1 Å². The molecule has 1 amide bonds. The van der Waals surface area contributed by atoms with Gasteiger partial charge in [-0.25, -0.2) is 4.79 Å². The number of fused-ring (bicyclic) bond motifs is 1. The fourth-order valence-electron chi connectivity index (χ4n) is 2.18. The van der Waals surface area contributed by atoms with Crippen LogP contribution in [0.5, 0.6) is 0 Å². The summed E-state index contributed by atoms with van der Waals surface area (Å²) < 4.78 is 0. The van der Waals surface area contributed by atoms with Crippen molar-refractivity contribution in [2.45, 2.75) is 32.2 Å². The largest absolute Gasteiger partial charge is 0.480 e. The molecule has 2 aromatic rings. The molecule has 23 heavy (non-hydrogen) atoms. The van der Waals surface area contributed by atoms with Crippen LogP contribution in [-0.4, -0.2) is 33.8 Å². The zero-order chi connectivity index (χ0) is 16.8. The second-order valence-electron chi connectivity index (χ2n) is 5.21. The SMILES string of the molecule is CCC(=O)CC[C@@H](NC(=O)c1cnc2ccccc2c1)C(=O)O. The van der Waals surface area contributed by atoms with Crippen LogP contribution in [0.2, 0.25) is 0 Å². The number of hydrogen-bond donors (Lipinski definition) is 2. The Morgan fingerprint density at radius 1 is 1.26 bits per heavy atom. The number of carbonyl (C=O) groups excluding carboxylic acids is 2. The lowest BCUT2D eigenvalue weighted by Crippen LogP contribution is -2.41. The Kier molecular flexibility index (Phi) is 5.41. The molecule has 2 rings (SSSR count). The highest BCUT2D eigenvalue weighted by Crippen LogP contribution is 2.13. The van der Waals surface area contributed by atoms with Gasteiger partial charge < -0.3 is 10.4 Å². The van der Waals surface area contributed by atoms with E-state index in [-0.39, 0.29) is 24.2 Å². The van der Waals surface area contributed by atoms with Gasteiger partial charge in [-0.2, -0.15) is 0 Å². The molecular weight excluding hydrogens is 296 g/mol. The number of aromatic nitrogens is 1. The number of para-hydroxylation sites is 1. The summed E-state index contributed by atoms with van der Waals surface area (Å²) in [6.07, 6.45) is 1.97. The summed E-state index contributed by atoms with van der Waals surface area (Å²) in [6.45, 7) is 1.72. The Morgan fingerprint density at radius 2 is 2.00 bits per heavy atom. The number of amides is 1. The quantitative estimate of drug-likeness (QED) is 0.816. The number of carboxylic acids is 1. The molecule has 0 aliphatic carbocycles. The lowest BCUT2D eigenvalue weighted by molar-refractivity contribution is -0.139. The molecule has 0 aliphatic heterocycles. The van der Waals surface area contributed by atoms with Gasteiger partial charge in [0.2, 0.25) is 0 Å². The van der Waals surface area contributed by atoms with Crippen LogP contribution in [0.1, 0.15) is 36.5 Å². The molecule has 0 bridgehead atoms. The zero-order valence-corrected chi connectivity index (χ0v) is 12.8. The van der Waals surface area contributed by atoms with Crippen LogP contribution in [-0.2, 0) is 9.59 Å². The maximum Gasteiger partial charge on any atom is 0.326 e. The first-order valence-corrected chi connectivity index (χ1v) is 7.41. The number of nitrogens with zero attached hydrogens (tertiary/aromatic N) is 1. The summed E-state index contributed by atoms with van der Waals surface area (Å²) in [5.74, 6) is -1.70. The first-order chi connectivity index (χ1) is 11.0. The molecule has 120 valence electrons. The average molecular weight is 314 g/mol. The van der Waals surface area contributed by atoms with Gasteiger partial charge in [0.1, 0.15) is 11.8 Å². The van der Waals surface area contributed by atoms with Gasteiger partial charge in [0.15, 0.2) is 0 Å². The van der Waals surface area contributed by atoms with Crippen molar-refractivity contribution < 1.29 is 19.5 Å². The first kappa shape index (κ1) is 16.6. The number of hydrogen-bond acceptors (Lipinski definition) is 4. The number of aliphatic carboxylic acids is 1. The number of carbonyl (C=O) groups is 3. The van der Waals surface area contributed by atoms with Crippen LogP contribution in [0.15, 0.2) is 36.5 Å². The van der Waals surface area contributed by atoms with E-state index < -0.39 is 17.9 Å². The number of nitrogens with one attached hydrogen (secondary N) is 1. The van der Waals surface area contributed by atoms with Gasteiger partial charge in [-0.1, -0.05) is 25.1 Å². The second-order valence-corrected chi connectivity index (χ2v) is 5.21. The first-order valence-electron chi connectivity index (χ1n) is 7.41. The molecule has 6 nitrogen and oxygen atoms in total. The Bertz CT molecular complexity index is 742. The fraction of sp³-hybridized carbons (Fsp3) is 0.294. The molecule has 0 unspecified atom stereocenters. The van der Waals surface area contributed by atoms with Gasteiger partial charge in [-0.15, -0.1) is 0 Å². The van der Waals surface area contributed by atoms with Crippen LogP contribution < -0.4 is 5.32 Å². The Morgan fingerprint density at radius 3 is 2.70 bits per heavy atom. The van der Waals surface area contributed by atoms with E-state index in [2.05, 4.69) is 10.3 Å². The Labute approximate surface area is 133 Å². The summed E-state index contributed by atoms with van der Waals surface area (Å²) in [4.78, 5) is 39.0. The zero-order valence-electron chi connectivity index (χ0n) is 12.8. The lowest BCUT2D eigenvalue weighted by atomic mass is 10.1. The molecule has 0 aliphatic rings. The molecule has 1 atom stereocenters. The molecule has 0 saturated heterocycles. The average Bonchev–Trinajstić information content (AvgIpc) is 2.57. The lowest BCUT2D eigenvalue weighted by Gasteiger charge is -2.14. The van der Waals surface area contributed by atoms with E-state index in [9.17, 15) is 19.5 Å². The van der Waals surface area contributed by atoms with Crippen LogP contribution in [0.4, 0.5) is 0 Å². The number of carboxylic acid groups (broad SMARTS) is 1. The van der Waals surface area contributed by atoms with Gasteiger partial charge >= 0.3 is 5.97 Å². The molecule has 6 heteroatoms. The molecule has 2 N–H and O–H groups in total. The van der Waals surface area contributed by atoms with E-state index >= 15 is 0 Å². The van der Waals surface area contributed by atoms with Crippen LogP contribution >= 0.6 is 0 Å². The summed E-state index contributed by atoms with van der Waals surface area (Å²) in [5, 5.41) is 12.4. The summed E-state index contributed by atoms with van der Waals surface area (Å²) in [6, 6.07) is 7.90. The summed E-state index contributed by atoms with van der Waals surface area (Å²) in [5.41, 5.74) is 1.05. The molecule has 0 saturated carbocycles. The Hall–Kier alpha value is -2.76. The number of ketones is 1. The van der Waals surface area contributed by atoms with Crippen molar-refractivity contribution in [2.24, 2.45) is 0 Å². The highest BCUT2D eigenvalue weighted by Gasteiger charge is 2.21. The van der Waals surface area contributed by atoms with Crippen molar-refractivity contribution in [3.63, 3.8) is 0 Å². The summed E-state index contributed by atoms with van der Waals surface area (Å²) >= 11 is 0. The van der Waals surface area contributed by atoms with Crippen LogP contribution in [0.3, 0.4) is 0 Å². The monoisotopic (exact) mass is 314 g/mol.